The number of aliphatic hydroxyl groups is 1. The molecule has 3 aromatic rings. The molecule has 0 aliphatic heterocycles. The second-order valence-corrected chi connectivity index (χ2v) is 7.09. The third-order valence-corrected chi connectivity index (χ3v) is 4.84. The minimum Gasteiger partial charge on any atom is -0.396 e. The normalized spacial score (nSPS) is 12.3. The predicted molar refractivity (Wildman–Crippen MR) is 99.1 cm³/mol. The summed E-state index contributed by atoms with van der Waals surface area (Å²) in [4.78, 5) is 26.9. The number of aliphatic hydroxyl groups excluding tert-OH is 1. The van der Waals surface area contributed by atoms with Crippen molar-refractivity contribution in [3.05, 3.63) is 46.7 Å². The lowest BCUT2D eigenvalue weighted by Gasteiger charge is -2.14. The molecular weight excluding hydrogens is 336 g/mol. The quantitative estimate of drug-likeness (QED) is 0.630. The molecule has 0 saturated heterocycles. The Bertz CT molecular complexity index is 879. The molecular formula is C18H20N4O2S. The summed E-state index contributed by atoms with van der Waals surface area (Å²) in [5, 5.41) is 12.2. The zero-order chi connectivity index (χ0) is 17.8. The molecule has 0 aliphatic rings. The van der Waals surface area contributed by atoms with Gasteiger partial charge in [-0.1, -0.05) is 6.07 Å². The first kappa shape index (κ1) is 17.4. The van der Waals surface area contributed by atoms with Crippen molar-refractivity contribution in [2.45, 2.75) is 32.7 Å². The Morgan fingerprint density at radius 3 is 2.92 bits per heavy atom. The fourth-order valence-electron chi connectivity index (χ4n) is 2.56. The van der Waals surface area contributed by atoms with Gasteiger partial charge in [-0.15, -0.1) is 11.3 Å². The van der Waals surface area contributed by atoms with Crippen LogP contribution in [0.5, 0.6) is 0 Å². The molecule has 6 nitrogen and oxygen atoms in total. The number of nitrogens with zero attached hydrogens (tertiary/aromatic N) is 3. The molecule has 130 valence electrons. The Hall–Kier alpha value is -2.38. The zero-order valence-corrected chi connectivity index (χ0v) is 15.0. The summed E-state index contributed by atoms with van der Waals surface area (Å²) in [6.07, 6.45) is 2.44. The van der Waals surface area contributed by atoms with Crippen molar-refractivity contribution in [1.82, 2.24) is 15.0 Å². The SMILES string of the molecule is Cc1cc2nc(N[C@@H](C)c3ccccn3)nc(C(=O)CCCO)c2s1. The molecule has 25 heavy (non-hydrogen) atoms. The standard InChI is InChI=1S/C18H20N4O2S/c1-11-10-14-17(25-11)16(15(24)7-5-9-23)22-18(21-14)20-12(2)13-6-3-4-8-19-13/h3-4,6,8,10,12,23H,5,7,9H2,1-2H3,(H,20,21,22)/t12-/m0/s1. The van der Waals surface area contributed by atoms with Crippen molar-refractivity contribution >= 4 is 33.3 Å². The van der Waals surface area contributed by atoms with Gasteiger partial charge in [-0.05, 0) is 38.5 Å². The molecule has 0 bridgehead atoms. The molecule has 3 rings (SSSR count). The van der Waals surface area contributed by atoms with Gasteiger partial charge in [0.2, 0.25) is 5.95 Å². The fraction of sp³-hybridized carbons (Fsp3) is 0.333. The van der Waals surface area contributed by atoms with Crippen molar-refractivity contribution in [3.63, 3.8) is 0 Å². The predicted octanol–water partition coefficient (Wildman–Crippen LogP) is 3.52. The number of hydrogen-bond acceptors (Lipinski definition) is 7. The van der Waals surface area contributed by atoms with Crippen LogP contribution in [-0.2, 0) is 0 Å². The van der Waals surface area contributed by atoms with Crippen molar-refractivity contribution < 1.29 is 9.90 Å². The molecule has 0 aliphatic carbocycles. The maximum atomic E-state index is 12.5. The fourth-order valence-corrected chi connectivity index (χ4v) is 3.52. The maximum Gasteiger partial charge on any atom is 0.224 e. The number of ketones is 1. The number of rotatable bonds is 7. The number of aromatic nitrogens is 3. The Morgan fingerprint density at radius 2 is 2.20 bits per heavy atom. The van der Waals surface area contributed by atoms with E-state index in [1.807, 2.05) is 38.1 Å². The molecule has 1 atom stereocenters. The van der Waals surface area contributed by atoms with E-state index in [2.05, 4.69) is 20.3 Å². The van der Waals surface area contributed by atoms with E-state index in [9.17, 15) is 4.79 Å². The van der Waals surface area contributed by atoms with Gasteiger partial charge < -0.3 is 10.4 Å². The molecule has 0 spiro atoms. The van der Waals surface area contributed by atoms with E-state index >= 15 is 0 Å². The first-order valence-corrected chi connectivity index (χ1v) is 9.00. The molecule has 3 heterocycles. The Kier molecular flexibility index (Phi) is 5.35. The van der Waals surface area contributed by atoms with Gasteiger partial charge in [0.05, 0.1) is 22.0 Å². The summed E-state index contributed by atoms with van der Waals surface area (Å²) in [5.41, 5.74) is 2.06. The van der Waals surface area contributed by atoms with Crippen LogP contribution < -0.4 is 5.32 Å². The average molecular weight is 356 g/mol. The lowest BCUT2D eigenvalue weighted by atomic mass is 10.1. The van der Waals surface area contributed by atoms with Crippen molar-refractivity contribution in [2.75, 3.05) is 11.9 Å². The maximum absolute atomic E-state index is 12.5. The van der Waals surface area contributed by atoms with E-state index in [4.69, 9.17) is 5.11 Å². The van der Waals surface area contributed by atoms with E-state index in [0.29, 0.717) is 18.1 Å². The number of nitrogens with one attached hydrogen (secondary N) is 1. The molecule has 3 aromatic heterocycles. The average Bonchev–Trinajstić information content (AvgIpc) is 2.99. The molecule has 2 N–H and O–H groups in total. The number of aryl methyl sites for hydroxylation is 1. The van der Waals surface area contributed by atoms with E-state index in [1.54, 1.807) is 6.20 Å². The Morgan fingerprint density at radius 1 is 1.36 bits per heavy atom. The molecule has 0 radical (unpaired) electrons. The highest BCUT2D eigenvalue weighted by molar-refractivity contribution is 7.19. The van der Waals surface area contributed by atoms with Crippen LogP contribution >= 0.6 is 11.3 Å². The Labute approximate surface area is 150 Å². The zero-order valence-electron chi connectivity index (χ0n) is 14.2. The van der Waals surface area contributed by atoms with E-state index in [0.717, 1.165) is 20.8 Å². The number of anilines is 1. The topological polar surface area (TPSA) is 88.0 Å². The highest BCUT2D eigenvalue weighted by Crippen LogP contribution is 2.29. The van der Waals surface area contributed by atoms with Crippen LogP contribution in [0.1, 0.15) is 46.9 Å². The van der Waals surface area contributed by atoms with E-state index < -0.39 is 0 Å². The number of fused-ring (bicyclic) bond motifs is 1. The summed E-state index contributed by atoms with van der Waals surface area (Å²) in [6.45, 7) is 3.95. The van der Waals surface area contributed by atoms with Crippen molar-refractivity contribution in [1.29, 1.82) is 0 Å². The minimum atomic E-state index is -0.0845. The van der Waals surface area contributed by atoms with Gasteiger partial charge in [0, 0.05) is 24.1 Å². The summed E-state index contributed by atoms with van der Waals surface area (Å²) in [6, 6.07) is 7.60. The van der Waals surface area contributed by atoms with Crippen LogP contribution in [0.3, 0.4) is 0 Å². The van der Waals surface area contributed by atoms with E-state index in [-0.39, 0.29) is 24.9 Å². The van der Waals surface area contributed by atoms with Crippen molar-refractivity contribution in [2.24, 2.45) is 0 Å². The van der Waals surface area contributed by atoms with Gasteiger partial charge in [-0.3, -0.25) is 9.78 Å². The lowest BCUT2D eigenvalue weighted by molar-refractivity contribution is 0.0968. The first-order chi connectivity index (χ1) is 12.1. The summed E-state index contributed by atoms with van der Waals surface area (Å²) >= 11 is 1.52. The summed E-state index contributed by atoms with van der Waals surface area (Å²) in [5.74, 6) is 0.340. The van der Waals surface area contributed by atoms with Crippen LogP contribution in [-0.4, -0.2) is 32.4 Å². The third-order valence-electron chi connectivity index (χ3n) is 3.80. The van der Waals surface area contributed by atoms with Gasteiger partial charge in [0.1, 0.15) is 5.69 Å². The molecule has 0 amide bonds. The highest BCUT2D eigenvalue weighted by Gasteiger charge is 2.18. The van der Waals surface area contributed by atoms with Crippen molar-refractivity contribution in [3.8, 4) is 0 Å². The number of hydrogen-bond donors (Lipinski definition) is 2. The van der Waals surface area contributed by atoms with Gasteiger partial charge in [-0.2, -0.15) is 0 Å². The van der Waals surface area contributed by atoms with Crippen LogP contribution in [0.2, 0.25) is 0 Å². The Balaban J connectivity index is 1.94. The lowest BCUT2D eigenvalue weighted by Crippen LogP contribution is -2.13. The number of Topliss-reactive ketones (excluding diaryl/α,β-unsaturated/α-hetero) is 1. The largest absolute Gasteiger partial charge is 0.396 e. The van der Waals surface area contributed by atoms with Crippen LogP contribution in [0.25, 0.3) is 10.2 Å². The van der Waals surface area contributed by atoms with Gasteiger partial charge >= 0.3 is 0 Å². The monoisotopic (exact) mass is 356 g/mol. The second-order valence-electron chi connectivity index (χ2n) is 5.84. The molecule has 0 saturated carbocycles. The third kappa shape index (κ3) is 4.00. The second kappa shape index (κ2) is 7.67. The minimum absolute atomic E-state index is 0.00868. The first-order valence-electron chi connectivity index (χ1n) is 8.18. The highest BCUT2D eigenvalue weighted by atomic mass is 32.1. The van der Waals surface area contributed by atoms with Gasteiger partial charge in [-0.25, -0.2) is 9.97 Å². The van der Waals surface area contributed by atoms with Gasteiger partial charge in [0.25, 0.3) is 0 Å². The number of carbonyl (C=O) groups is 1. The molecule has 7 heteroatoms. The van der Waals surface area contributed by atoms with E-state index in [1.165, 1.54) is 11.3 Å². The van der Waals surface area contributed by atoms with Crippen LogP contribution in [0, 0.1) is 6.92 Å². The molecule has 0 aromatic carbocycles. The summed E-state index contributed by atoms with van der Waals surface area (Å²) in [7, 11) is 0. The van der Waals surface area contributed by atoms with Gasteiger partial charge in [0.15, 0.2) is 5.78 Å². The number of pyridine rings is 1. The number of thiophene rings is 1. The summed E-state index contributed by atoms with van der Waals surface area (Å²) < 4.78 is 0.802. The van der Waals surface area contributed by atoms with Crippen LogP contribution in [0.15, 0.2) is 30.5 Å². The number of carbonyl (C=O) groups excluding carboxylic acids is 1. The smallest absolute Gasteiger partial charge is 0.224 e. The molecule has 0 fully saturated rings. The van der Waals surface area contributed by atoms with Crippen LogP contribution in [0.4, 0.5) is 5.95 Å². The molecule has 0 unspecified atom stereocenters.